The van der Waals surface area contributed by atoms with Crippen molar-refractivity contribution in [2.75, 3.05) is 12.8 Å². The number of aliphatic hydroxyl groups is 1. The molecule has 1 rings (SSSR count). The molecule has 0 spiro atoms. The minimum absolute atomic E-state index is 0.226. The maximum Gasteiger partial charge on any atom is 0.251 e. The number of amides is 1. The molecule has 2 unspecified atom stereocenters. The van der Waals surface area contributed by atoms with Crippen molar-refractivity contribution >= 4 is 16.7 Å². The smallest absolute Gasteiger partial charge is 0.251 e. The molecule has 0 aliphatic carbocycles. The number of carbonyl (C=O) groups excluding carboxylic acids is 1. The van der Waals surface area contributed by atoms with Crippen LogP contribution in [-0.4, -0.2) is 34.1 Å². The van der Waals surface area contributed by atoms with Crippen LogP contribution in [0.3, 0.4) is 0 Å². The van der Waals surface area contributed by atoms with Gasteiger partial charge in [-0.3, -0.25) is 9.00 Å². The summed E-state index contributed by atoms with van der Waals surface area (Å²) in [4.78, 5) is 12.5. The molecule has 0 aliphatic rings. The van der Waals surface area contributed by atoms with Crippen LogP contribution in [0.15, 0.2) is 29.2 Å². The van der Waals surface area contributed by atoms with Gasteiger partial charge in [0.1, 0.15) is 0 Å². The van der Waals surface area contributed by atoms with E-state index in [1.165, 1.54) is 0 Å². The molecule has 106 valence electrons. The first-order valence-corrected chi connectivity index (χ1v) is 7.85. The maximum atomic E-state index is 11.8. The van der Waals surface area contributed by atoms with Crippen molar-refractivity contribution in [2.45, 2.75) is 31.3 Å². The van der Waals surface area contributed by atoms with Crippen LogP contribution in [0.2, 0.25) is 0 Å². The lowest BCUT2D eigenvalue weighted by Gasteiger charge is -2.13. The summed E-state index contributed by atoms with van der Waals surface area (Å²) in [5.74, 6) is 0.168. The standard InChI is InChI=1S/C14H21NO3S/c1-10(2)8-12(16)9-15-14(17)11-4-6-13(7-5-11)19(3)18/h4-7,10,12,16H,8-9H2,1-3H3,(H,15,17). The van der Waals surface area contributed by atoms with Crippen LogP contribution >= 0.6 is 0 Å². The molecule has 5 heteroatoms. The zero-order valence-electron chi connectivity index (χ0n) is 11.6. The van der Waals surface area contributed by atoms with E-state index in [1.807, 2.05) is 13.8 Å². The molecule has 0 saturated carbocycles. The molecule has 1 amide bonds. The Morgan fingerprint density at radius 1 is 1.32 bits per heavy atom. The third-order valence-corrected chi connectivity index (χ3v) is 3.63. The summed E-state index contributed by atoms with van der Waals surface area (Å²) in [7, 11) is -1.04. The SMILES string of the molecule is CC(C)CC(O)CNC(=O)c1ccc(S(C)=O)cc1. The van der Waals surface area contributed by atoms with Crippen LogP contribution in [0.4, 0.5) is 0 Å². The molecule has 0 bridgehead atoms. The van der Waals surface area contributed by atoms with Gasteiger partial charge in [0.05, 0.1) is 6.10 Å². The quantitative estimate of drug-likeness (QED) is 0.832. The minimum Gasteiger partial charge on any atom is -0.391 e. The van der Waals surface area contributed by atoms with Gasteiger partial charge in [-0.25, -0.2) is 0 Å². The monoisotopic (exact) mass is 283 g/mol. The van der Waals surface area contributed by atoms with Gasteiger partial charge in [-0.1, -0.05) is 13.8 Å². The fourth-order valence-corrected chi connectivity index (χ4v) is 2.26. The summed E-state index contributed by atoms with van der Waals surface area (Å²) in [6.45, 7) is 4.29. The van der Waals surface area contributed by atoms with E-state index in [-0.39, 0.29) is 12.5 Å². The van der Waals surface area contributed by atoms with Crippen molar-refractivity contribution in [3.05, 3.63) is 29.8 Å². The molecular weight excluding hydrogens is 262 g/mol. The van der Waals surface area contributed by atoms with Gasteiger partial charge in [-0.15, -0.1) is 0 Å². The minimum atomic E-state index is -1.04. The molecule has 0 aliphatic heterocycles. The molecule has 0 aromatic heterocycles. The van der Waals surface area contributed by atoms with E-state index in [0.29, 0.717) is 22.8 Å². The fourth-order valence-electron chi connectivity index (χ4n) is 1.74. The van der Waals surface area contributed by atoms with Gasteiger partial charge in [0.15, 0.2) is 0 Å². The summed E-state index contributed by atoms with van der Waals surface area (Å²) in [5.41, 5.74) is 0.506. The van der Waals surface area contributed by atoms with Crippen molar-refractivity contribution in [1.82, 2.24) is 5.32 Å². The highest BCUT2D eigenvalue weighted by Crippen LogP contribution is 2.08. The number of hydrogen-bond acceptors (Lipinski definition) is 3. The summed E-state index contributed by atoms with van der Waals surface area (Å²) in [6, 6.07) is 6.63. The van der Waals surface area contributed by atoms with Crippen molar-refractivity contribution < 1.29 is 14.1 Å². The number of hydrogen-bond donors (Lipinski definition) is 2. The molecule has 0 radical (unpaired) electrons. The van der Waals surface area contributed by atoms with Crippen LogP contribution in [0.1, 0.15) is 30.6 Å². The second-order valence-corrected chi connectivity index (χ2v) is 6.35. The van der Waals surface area contributed by atoms with Crippen molar-refractivity contribution in [2.24, 2.45) is 5.92 Å². The highest BCUT2D eigenvalue weighted by Gasteiger charge is 2.10. The van der Waals surface area contributed by atoms with Crippen LogP contribution in [0, 0.1) is 5.92 Å². The molecule has 0 fully saturated rings. The van der Waals surface area contributed by atoms with Gasteiger partial charge in [-0.05, 0) is 36.6 Å². The number of rotatable bonds is 6. The second kappa shape index (κ2) is 7.40. The summed E-state index contributed by atoms with van der Waals surface area (Å²) >= 11 is 0. The molecule has 1 aromatic rings. The highest BCUT2D eigenvalue weighted by atomic mass is 32.2. The summed E-state index contributed by atoms with van der Waals surface area (Å²) < 4.78 is 11.2. The lowest BCUT2D eigenvalue weighted by Crippen LogP contribution is -2.32. The van der Waals surface area contributed by atoms with Crippen LogP contribution in [-0.2, 0) is 10.8 Å². The van der Waals surface area contributed by atoms with Crippen molar-refractivity contribution in [3.8, 4) is 0 Å². The third-order valence-electron chi connectivity index (χ3n) is 2.69. The van der Waals surface area contributed by atoms with E-state index in [2.05, 4.69) is 5.32 Å². The summed E-state index contributed by atoms with van der Waals surface area (Å²) in [5, 5.41) is 12.4. The highest BCUT2D eigenvalue weighted by molar-refractivity contribution is 7.84. The molecule has 2 atom stereocenters. The Bertz CT molecular complexity index is 443. The Morgan fingerprint density at radius 3 is 2.37 bits per heavy atom. The third kappa shape index (κ3) is 5.53. The van der Waals surface area contributed by atoms with E-state index >= 15 is 0 Å². The molecule has 0 heterocycles. The van der Waals surface area contributed by atoms with Gasteiger partial charge in [-0.2, -0.15) is 0 Å². The normalized spacial score (nSPS) is 14.2. The van der Waals surface area contributed by atoms with Crippen LogP contribution < -0.4 is 5.32 Å². The van der Waals surface area contributed by atoms with Crippen LogP contribution in [0.5, 0.6) is 0 Å². The topological polar surface area (TPSA) is 66.4 Å². The Kier molecular flexibility index (Phi) is 6.18. The second-order valence-electron chi connectivity index (χ2n) is 4.97. The lowest BCUT2D eigenvalue weighted by molar-refractivity contribution is 0.0900. The molecular formula is C14H21NO3S. The van der Waals surface area contributed by atoms with Crippen molar-refractivity contribution in [3.63, 3.8) is 0 Å². The molecule has 0 saturated heterocycles. The molecule has 1 aromatic carbocycles. The van der Waals surface area contributed by atoms with Gasteiger partial charge in [0.2, 0.25) is 0 Å². The first kappa shape index (κ1) is 15.9. The Hall–Kier alpha value is -1.20. The van der Waals surface area contributed by atoms with E-state index < -0.39 is 16.9 Å². The Labute approximate surface area is 116 Å². The number of aliphatic hydroxyl groups excluding tert-OH is 1. The van der Waals surface area contributed by atoms with Gasteiger partial charge in [0.25, 0.3) is 5.91 Å². The fraction of sp³-hybridized carbons (Fsp3) is 0.500. The van der Waals surface area contributed by atoms with Gasteiger partial charge in [0, 0.05) is 34.1 Å². The van der Waals surface area contributed by atoms with Crippen LogP contribution in [0.25, 0.3) is 0 Å². The van der Waals surface area contributed by atoms with E-state index in [0.717, 1.165) is 0 Å². The van der Waals surface area contributed by atoms with E-state index in [4.69, 9.17) is 0 Å². The largest absolute Gasteiger partial charge is 0.391 e. The average molecular weight is 283 g/mol. The predicted molar refractivity (Wildman–Crippen MR) is 76.6 cm³/mol. The first-order valence-electron chi connectivity index (χ1n) is 6.30. The molecule has 19 heavy (non-hydrogen) atoms. The van der Waals surface area contributed by atoms with Gasteiger partial charge >= 0.3 is 0 Å². The number of carbonyl (C=O) groups is 1. The number of benzene rings is 1. The molecule has 4 nitrogen and oxygen atoms in total. The first-order chi connectivity index (χ1) is 8.90. The van der Waals surface area contributed by atoms with Crippen molar-refractivity contribution in [1.29, 1.82) is 0 Å². The van der Waals surface area contributed by atoms with E-state index in [9.17, 15) is 14.1 Å². The van der Waals surface area contributed by atoms with E-state index in [1.54, 1.807) is 30.5 Å². The predicted octanol–water partition coefficient (Wildman–Crippen LogP) is 1.56. The Balaban J connectivity index is 2.52. The van der Waals surface area contributed by atoms with Gasteiger partial charge < -0.3 is 10.4 Å². The zero-order chi connectivity index (χ0) is 14.4. The average Bonchev–Trinajstić information content (AvgIpc) is 2.35. The zero-order valence-corrected chi connectivity index (χ0v) is 12.4. The maximum absolute atomic E-state index is 11.8. The Morgan fingerprint density at radius 2 is 1.89 bits per heavy atom. The molecule has 2 N–H and O–H groups in total. The number of nitrogens with one attached hydrogen (secondary N) is 1. The summed E-state index contributed by atoms with van der Waals surface area (Å²) in [6.07, 6.45) is 1.73. The lowest BCUT2D eigenvalue weighted by atomic mass is 10.1.